The van der Waals surface area contributed by atoms with E-state index in [0.717, 1.165) is 7.11 Å². The zero-order valence-electron chi connectivity index (χ0n) is 9.95. The first-order valence-corrected chi connectivity index (χ1v) is 5.10. The molecule has 0 aromatic rings. The Hall–Kier alpha value is -0.850. The van der Waals surface area contributed by atoms with Crippen molar-refractivity contribution in [3.8, 4) is 0 Å². The number of aliphatic hydroxyl groups is 3. The molecule has 0 spiro atoms. The number of carbonyl (C=O) groups excluding carboxylic acids is 1. The van der Waals surface area contributed by atoms with Crippen molar-refractivity contribution in [2.45, 2.75) is 45.2 Å². The smallest absolute Gasteiger partial charge is 0.438 e. The van der Waals surface area contributed by atoms with Crippen molar-refractivity contribution in [2.24, 2.45) is 5.92 Å². The lowest BCUT2D eigenvalue weighted by Gasteiger charge is -2.28. The van der Waals surface area contributed by atoms with E-state index in [-0.39, 0.29) is 5.92 Å². The second kappa shape index (κ2) is 6.67. The molecule has 0 fully saturated rings. The molecule has 16 heavy (non-hydrogen) atoms. The van der Waals surface area contributed by atoms with E-state index in [1.807, 2.05) is 0 Å². The SMILES string of the molecule is COC(=O)O[C@@H](C)[C@H](O)[C@@H](O)[C@H](O)C(C)C. The first-order chi connectivity index (χ1) is 7.31. The number of rotatable bonds is 5. The maximum absolute atomic E-state index is 10.8. The Kier molecular flexibility index (Phi) is 6.32. The lowest BCUT2D eigenvalue weighted by atomic mass is 9.96. The van der Waals surface area contributed by atoms with Crippen LogP contribution in [0.4, 0.5) is 4.79 Å². The molecule has 3 N–H and O–H groups in total. The van der Waals surface area contributed by atoms with Crippen molar-refractivity contribution >= 4 is 6.16 Å². The predicted molar refractivity (Wildman–Crippen MR) is 55.8 cm³/mol. The standard InChI is InChI=1S/C10H20O6/c1-5(2)7(11)9(13)8(12)6(3)16-10(14)15-4/h5-9,11-13H,1-4H3/t6-,7+,8-,9-/m0/s1. The first-order valence-electron chi connectivity index (χ1n) is 5.10. The van der Waals surface area contributed by atoms with E-state index >= 15 is 0 Å². The van der Waals surface area contributed by atoms with Crippen molar-refractivity contribution in [2.75, 3.05) is 7.11 Å². The third kappa shape index (κ3) is 4.34. The van der Waals surface area contributed by atoms with Gasteiger partial charge in [-0.25, -0.2) is 4.79 Å². The highest BCUT2D eigenvalue weighted by Gasteiger charge is 2.32. The van der Waals surface area contributed by atoms with Gasteiger partial charge >= 0.3 is 6.16 Å². The molecular formula is C10H20O6. The van der Waals surface area contributed by atoms with Crippen LogP contribution in [0, 0.1) is 5.92 Å². The van der Waals surface area contributed by atoms with Crippen molar-refractivity contribution < 1.29 is 29.6 Å². The minimum absolute atomic E-state index is 0.213. The van der Waals surface area contributed by atoms with Crippen molar-refractivity contribution in [1.29, 1.82) is 0 Å². The Balaban J connectivity index is 4.31. The summed E-state index contributed by atoms with van der Waals surface area (Å²) < 4.78 is 8.87. The molecule has 0 radical (unpaired) electrons. The highest BCUT2D eigenvalue weighted by atomic mass is 16.7. The molecule has 0 aromatic carbocycles. The maximum Gasteiger partial charge on any atom is 0.508 e. The van der Waals surface area contributed by atoms with Gasteiger partial charge in [0.1, 0.15) is 18.3 Å². The van der Waals surface area contributed by atoms with Crippen molar-refractivity contribution in [1.82, 2.24) is 0 Å². The first kappa shape index (κ1) is 15.2. The summed E-state index contributed by atoms with van der Waals surface area (Å²) in [7, 11) is 1.14. The summed E-state index contributed by atoms with van der Waals surface area (Å²) in [6.45, 7) is 4.80. The van der Waals surface area contributed by atoms with Gasteiger partial charge in [0.05, 0.1) is 13.2 Å². The fraction of sp³-hybridized carbons (Fsp3) is 0.900. The van der Waals surface area contributed by atoms with Crippen molar-refractivity contribution in [3.63, 3.8) is 0 Å². The Morgan fingerprint density at radius 3 is 1.88 bits per heavy atom. The third-order valence-electron chi connectivity index (χ3n) is 2.31. The molecule has 4 atom stereocenters. The molecule has 0 amide bonds. The minimum atomic E-state index is -1.38. The van der Waals surface area contributed by atoms with Gasteiger partial charge in [-0.3, -0.25) is 0 Å². The van der Waals surface area contributed by atoms with E-state index in [9.17, 15) is 20.1 Å². The van der Waals surface area contributed by atoms with Crippen LogP contribution in [0.15, 0.2) is 0 Å². The molecule has 0 heterocycles. The lowest BCUT2D eigenvalue weighted by Crippen LogP contribution is -2.46. The zero-order valence-corrected chi connectivity index (χ0v) is 9.95. The summed E-state index contributed by atoms with van der Waals surface area (Å²) in [5.74, 6) is -0.213. The van der Waals surface area contributed by atoms with E-state index < -0.39 is 30.6 Å². The molecule has 0 rings (SSSR count). The van der Waals surface area contributed by atoms with Gasteiger partial charge in [-0.2, -0.15) is 0 Å². The van der Waals surface area contributed by atoms with E-state index in [1.54, 1.807) is 13.8 Å². The monoisotopic (exact) mass is 236 g/mol. The molecule has 6 heteroatoms. The molecule has 0 bridgehead atoms. The summed E-state index contributed by atoms with van der Waals surface area (Å²) >= 11 is 0. The van der Waals surface area contributed by atoms with Crippen LogP contribution in [0.1, 0.15) is 20.8 Å². The number of hydrogen-bond acceptors (Lipinski definition) is 6. The van der Waals surface area contributed by atoms with Crippen LogP contribution in [0.2, 0.25) is 0 Å². The van der Waals surface area contributed by atoms with E-state index in [2.05, 4.69) is 9.47 Å². The van der Waals surface area contributed by atoms with E-state index in [0.29, 0.717) is 0 Å². The van der Waals surface area contributed by atoms with Crippen molar-refractivity contribution in [3.05, 3.63) is 0 Å². The summed E-state index contributed by atoms with van der Waals surface area (Å²) in [6.07, 6.45) is -5.73. The summed E-state index contributed by atoms with van der Waals surface area (Å²) in [5, 5.41) is 28.7. The molecule has 96 valence electrons. The van der Waals surface area contributed by atoms with Gasteiger partial charge < -0.3 is 24.8 Å². The topological polar surface area (TPSA) is 96.2 Å². The van der Waals surface area contributed by atoms with Crippen LogP contribution in [0.25, 0.3) is 0 Å². The summed E-state index contributed by atoms with van der Waals surface area (Å²) in [4.78, 5) is 10.8. The Labute approximate surface area is 94.8 Å². The fourth-order valence-electron chi connectivity index (χ4n) is 1.14. The summed E-state index contributed by atoms with van der Waals surface area (Å²) in [6, 6.07) is 0. The van der Waals surface area contributed by atoms with Gasteiger partial charge in [0.25, 0.3) is 0 Å². The average molecular weight is 236 g/mol. The largest absolute Gasteiger partial charge is 0.508 e. The zero-order chi connectivity index (χ0) is 12.9. The summed E-state index contributed by atoms with van der Waals surface area (Å²) in [5.41, 5.74) is 0. The predicted octanol–water partition coefficient (Wildman–Crippen LogP) is -0.103. The number of carbonyl (C=O) groups is 1. The quantitative estimate of drug-likeness (QED) is 0.577. The third-order valence-corrected chi connectivity index (χ3v) is 2.31. The Bertz CT molecular complexity index is 217. The maximum atomic E-state index is 10.8. The molecule has 0 unspecified atom stereocenters. The van der Waals surface area contributed by atoms with Gasteiger partial charge in [-0.15, -0.1) is 0 Å². The van der Waals surface area contributed by atoms with Gasteiger partial charge in [0.2, 0.25) is 0 Å². The van der Waals surface area contributed by atoms with Crippen LogP contribution in [0.5, 0.6) is 0 Å². The molecule has 0 aliphatic heterocycles. The molecule has 0 saturated carbocycles. The highest BCUT2D eigenvalue weighted by Crippen LogP contribution is 2.13. The molecule has 0 aliphatic rings. The molecule has 0 aromatic heterocycles. The Morgan fingerprint density at radius 2 is 1.50 bits per heavy atom. The van der Waals surface area contributed by atoms with E-state index in [1.165, 1.54) is 6.92 Å². The second-order valence-corrected chi connectivity index (χ2v) is 3.99. The Morgan fingerprint density at radius 1 is 1.00 bits per heavy atom. The van der Waals surface area contributed by atoms with Gasteiger partial charge in [0.15, 0.2) is 0 Å². The van der Waals surface area contributed by atoms with E-state index in [4.69, 9.17) is 0 Å². The van der Waals surface area contributed by atoms with Crippen LogP contribution in [-0.2, 0) is 9.47 Å². The van der Waals surface area contributed by atoms with Crippen LogP contribution in [0.3, 0.4) is 0 Å². The van der Waals surface area contributed by atoms with Crippen LogP contribution in [-0.4, -0.2) is 53.0 Å². The molecular weight excluding hydrogens is 216 g/mol. The average Bonchev–Trinajstić information content (AvgIpc) is 2.25. The van der Waals surface area contributed by atoms with Gasteiger partial charge in [-0.05, 0) is 12.8 Å². The molecule has 6 nitrogen and oxygen atoms in total. The highest BCUT2D eigenvalue weighted by molar-refractivity contribution is 5.59. The van der Waals surface area contributed by atoms with Gasteiger partial charge in [-0.1, -0.05) is 13.8 Å². The lowest BCUT2D eigenvalue weighted by molar-refractivity contribution is -0.117. The molecule has 0 saturated heterocycles. The van der Waals surface area contributed by atoms with Crippen LogP contribution < -0.4 is 0 Å². The fourth-order valence-corrected chi connectivity index (χ4v) is 1.14. The minimum Gasteiger partial charge on any atom is -0.438 e. The number of aliphatic hydroxyl groups excluding tert-OH is 3. The van der Waals surface area contributed by atoms with Crippen LogP contribution >= 0.6 is 0 Å². The molecule has 0 aliphatic carbocycles. The second-order valence-electron chi connectivity index (χ2n) is 3.99. The van der Waals surface area contributed by atoms with Gasteiger partial charge in [0, 0.05) is 0 Å². The normalized spacial score (nSPS) is 18.8. The number of methoxy groups -OCH3 is 1. The number of ether oxygens (including phenoxy) is 2. The number of hydrogen-bond donors (Lipinski definition) is 3.